The molecule has 0 atom stereocenters. The quantitative estimate of drug-likeness (QED) is 0.501. The maximum Gasteiger partial charge on any atom is 0.435 e. The molecule has 0 unspecified atom stereocenters. The highest BCUT2D eigenvalue weighted by Crippen LogP contribution is 2.39. The summed E-state index contributed by atoms with van der Waals surface area (Å²) in [5.41, 5.74) is 0.737. The van der Waals surface area contributed by atoms with Gasteiger partial charge in [-0.25, -0.2) is 9.97 Å². The van der Waals surface area contributed by atoms with Crippen LogP contribution in [0.5, 0.6) is 0 Å². The first-order valence-electron chi connectivity index (χ1n) is 10.3. The Balaban J connectivity index is 1.75. The molecule has 1 fully saturated rings. The Morgan fingerprint density at radius 3 is 2.61 bits per heavy atom. The van der Waals surface area contributed by atoms with Crippen LogP contribution in [0.15, 0.2) is 35.7 Å². The van der Waals surface area contributed by atoms with Gasteiger partial charge in [0.1, 0.15) is 5.52 Å². The van der Waals surface area contributed by atoms with E-state index in [1.54, 1.807) is 6.07 Å². The molecule has 0 radical (unpaired) electrons. The Bertz CT molecular complexity index is 1220. The number of piperazine rings is 1. The number of nitrogens with one attached hydrogen (secondary N) is 1. The Kier molecular flexibility index (Phi) is 5.19. The molecule has 5 nitrogen and oxygen atoms in total. The van der Waals surface area contributed by atoms with E-state index in [1.165, 1.54) is 11.3 Å². The van der Waals surface area contributed by atoms with Crippen molar-refractivity contribution in [3.8, 4) is 10.7 Å². The van der Waals surface area contributed by atoms with Crippen molar-refractivity contribution in [1.82, 2.24) is 24.8 Å². The van der Waals surface area contributed by atoms with Crippen molar-refractivity contribution in [2.24, 2.45) is 0 Å². The first kappa shape index (κ1) is 20.4. The van der Waals surface area contributed by atoms with Gasteiger partial charge in [-0.1, -0.05) is 18.2 Å². The third kappa shape index (κ3) is 3.81. The van der Waals surface area contributed by atoms with E-state index in [0.29, 0.717) is 28.8 Å². The van der Waals surface area contributed by atoms with E-state index in [9.17, 15) is 13.2 Å². The Hall–Kier alpha value is -2.49. The lowest BCUT2D eigenvalue weighted by molar-refractivity contribution is -0.139. The van der Waals surface area contributed by atoms with Gasteiger partial charge in [-0.3, -0.25) is 4.90 Å². The average molecular weight is 446 g/mol. The number of thiophene rings is 1. The molecule has 31 heavy (non-hydrogen) atoms. The van der Waals surface area contributed by atoms with Crippen LogP contribution in [-0.4, -0.2) is 52.2 Å². The molecule has 1 aromatic carbocycles. The Morgan fingerprint density at radius 1 is 1.10 bits per heavy atom. The van der Waals surface area contributed by atoms with Crippen molar-refractivity contribution >= 4 is 33.3 Å². The number of aryl methyl sites for hydroxylation is 1. The van der Waals surface area contributed by atoms with Gasteiger partial charge in [-0.2, -0.15) is 13.2 Å². The van der Waals surface area contributed by atoms with Gasteiger partial charge in [0.05, 0.1) is 15.9 Å². The molecule has 5 rings (SSSR count). The van der Waals surface area contributed by atoms with E-state index in [4.69, 9.17) is 0 Å². The van der Waals surface area contributed by atoms with E-state index >= 15 is 0 Å². The average Bonchev–Trinajstić information content (AvgIpc) is 3.39. The third-order valence-corrected chi connectivity index (χ3v) is 6.56. The Morgan fingerprint density at radius 2 is 1.90 bits per heavy atom. The van der Waals surface area contributed by atoms with Gasteiger partial charge in [0.15, 0.2) is 11.5 Å². The fourth-order valence-corrected chi connectivity index (χ4v) is 4.91. The number of hydrogen-bond donors (Lipinski definition) is 1. The lowest BCUT2D eigenvalue weighted by atomic mass is 10.1. The predicted molar refractivity (Wildman–Crippen MR) is 117 cm³/mol. The summed E-state index contributed by atoms with van der Waals surface area (Å²) in [6.45, 7) is 6.88. The minimum absolute atomic E-state index is 0.0763. The van der Waals surface area contributed by atoms with Crippen molar-refractivity contribution in [3.05, 3.63) is 47.0 Å². The van der Waals surface area contributed by atoms with E-state index in [1.807, 2.05) is 41.1 Å². The molecule has 1 aliphatic heterocycles. The maximum atomic E-state index is 14.0. The molecule has 0 amide bonds. The van der Waals surface area contributed by atoms with Crippen LogP contribution < -0.4 is 5.32 Å². The van der Waals surface area contributed by atoms with E-state index in [0.717, 1.165) is 43.2 Å². The molecule has 3 aromatic heterocycles. The lowest BCUT2D eigenvalue weighted by Crippen LogP contribution is -2.44. The number of hydrogen-bond acceptors (Lipinski definition) is 5. The number of benzene rings is 1. The molecule has 9 heteroatoms. The van der Waals surface area contributed by atoms with Crippen LogP contribution in [0.4, 0.5) is 13.2 Å². The molecule has 4 heterocycles. The van der Waals surface area contributed by atoms with Crippen LogP contribution in [0.25, 0.3) is 32.6 Å². The van der Waals surface area contributed by atoms with Gasteiger partial charge in [0.2, 0.25) is 0 Å². The second kappa shape index (κ2) is 7.89. The molecule has 4 aromatic rings. The number of rotatable bonds is 4. The SMILES string of the molecule is Cc1ccc2c(c1)nc(C(F)(F)F)c1nc(-c3cccs3)n(CCN3CCNCC3)c12. The first-order valence-corrected chi connectivity index (χ1v) is 11.1. The number of imidazole rings is 1. The standard InChI is InChI=1S/C22H22F3N5S/c1-14-4-5-15-16(13-14)27-20(22(23,24)25)18-19(15)30(11-10-29-8-6-26-7-9-29)21(28-18)17-3-2-12-31-17/h2-5,12-13,26H,6-11H2,1H3. The molecule has 1 saturated heterocycles. The van der Waals surface area contributed by atoms with E-state index in [2.05, 4.69) is 20.2 Å². The van der Waals surface area contributed by atoms with Crippen LogP contribution in [-0.2, 0) is 12.7 Å². The molecule has 0 bridgehead atoms. The minimum Gasteiger partial charge on any atom is -0.321 e. The number of aromatic nitrogens is 3. The van der Waals surface area contributed by atoms with Gasteiger partial charge in [0, 0.05) is 44.7 Å². The van der Waals surface area contributed by atoms with Crippen molar-refractivity contribution in [1.29, 1.82) is 0 Å². The highest BCUT2D eigenvalue weighted by molar-refractivity contribution is 7.13. The number of nitrogens with zero attached hydrogens (tertiary/aromatic N) is 4. The van der Waals surface area contributed by atoms with Gasteiger partial charge >= 0.3 is 6.18 Å². The molecule has 162 valence electrons. The second-order valence-electron chi connectivity index (χ2n) is 7.83. The lowest BCUT2D eigenvalue weighted by Gasteiger charge is -2.27. The summed E-state index contributed by atoms with van der Waals surface area (Å²) < 4.78 is 43.9. The predicted octanol–water partition coefficient (Wildman–Crippen LogP) is 4.55. The zero-order valence-corrected chi connectivity index (χ0v) is 17.9. The van der Waals surface area contributed by atoms with Gasteiger partial charge in [0.25, 0.3) is 0 Å². The summed E-state index contributed by atoms with van der Waals surface area (Å²) in [7, 11) is 0. The Labute approximate surface area is 181 Å². The summed E-state index contributed by atoms with van der Waals surface area (Å²) in [5.74, 6) is 0.570. The summed E-state index contributed by atoms with van der Waals surface area (Å²) in [6, 6.07) is 9.28. The zero-order valence-electron chi connectivity index (χ0n) is 17.0. The summed E-state index contributed by atoms with van der Waals surface area (Å²) >= 11 is 1.48. The highest BCUT2D eigenvalue weighted by Gasteiger charge is 2.37. The van der Waals surface area contributed by atoms with Crippen LogP contribution >= 0.6 is 11.3 Å². The smallest absolute Gasteiger partial charge is 0.321 e. The molecule has 0 spiro atoms. The van der Waals surface area contributed by atoms with Crippen LogP contribution in [0.2, 0.25) is 0 Å². The number of fused-ring (bicyclic) bond motifs is 3. The summed E-state index contributed by atoms with van der Waals surface area (Å²) in [4.78, 5) is 11.7. The van der Waals surface area contributed by atoms with Crippen LogP contribution in [0.3, 0.4) is 0 Å². The molecular weight excluding hydrogens is 423 g/mol. The minimum atomic E-state index is -4.58. The first-order chi connectivity index (χ1) is 14.9. The molecular formula is C22H22F3N5S. The maximum absolute atomic E-state index is 14.0. The van der Waals surface area contributed by atoms with Crippen molar-refractivity contribution < 1.29 is 13.2 Å². The second-order valence-corrected chi connectivity index (χ2v) is 8.78. The summed E-state index contributed by atoms with van der Waals surface area (Å²) in [5, 5.41) is 5.95. The van der Waals surface area contributed by atoms with Crippen molar-refractivity contribution in [3.63, 3.8) is 0 Å². The van der Waals surface area contributed by atoms with E-state index < -0.39 is 11.9 Å². The third-order valence-electron chi connectivity index (χ3n) is 5.69. The molecule has 1 N–H and O–H groups in total. The highest BCUT2D eigenvalue weighted by atomic mass is 32.1. The topological polar surface area (TPSA) is 46.0 Å². The van der Waals surface area contributed by atoms with E-state index in [-0.39, 0.29) is 5.52 Å². The van der Waals surface area contributed by atoms with Gasteiger partial charge in [-0.05, 0) is 30.0 Å². The van der Waals surface area contributed by atoms with Crippen molar-refractivity contribution in [2.75, 3.05) is 32.7 Å². The molecule has 1 aliphatic rings. The fourth-order valence-electron chi connectivity index (χ4n) is 4.18. The number of pyridine rings is 1. The fraction of sp³-hybridized carbons (Fsp3) is 0.364. The van der Waals surface area contributed by atoms with Gasteiger partial charge < -0.3 is 9.88 Å². The van der Waals surface area contributed by atoms with Crippen LogP contribution in [0.1, 0.15) is 11.3 Å². The summed E-state index contributed by atoms with van der Waals surface area (Å²) in [6.07, 6.45) is -4.58. The zero-order chi connectivity index (χ0) is 21.6. The molecule has 0 saturated carbocycles. The largest absolute Gasteiger partial charge is 0.435 e. The monoisotopic (exact) mass is 445 g/mol. The number of halogens is 3. The normalized spacial score (nSPS) is 15.9. The van der Waals surface area contributed by atoms with Crippen molar-refractivity contribution in [2.45, 2.75) is 19.6 Å². The van der Waals surface area contributed by atoms with Crippen LogP contribution in [0, 0.1) is 6.92 Å². The van der Waals surface area contributed by atoms with Gasteiger partial charge in [-0.15, -0.1) is 11.3 Å². The number of alkyl halides is 3. The molecule has 0 aliphatic carbocycles.